The molecular formula is C18H27N3. The Morgan fingerprint density at radius 3 is 2.43 bits per heavy atom. The first-order chi connectivity index (χ1) is 10.3. The van der Waals surface area contributed by atoms with Gasteiger partial charge in [-0.3, -0.25) is 4.90 Å². The van der Waals surface area contributed by atoms with Crippen molar-refractivity contribution in [1.29, 1.82) is 0 Å². The van der Waals surface area contributed by atoms with Crippen LogP contribution < -0.4 is 5.73 Å². The molecule has 114 valence electrons. The minimum atomic E-state index is 0.631. The molecule has 0 spiro atoms. The zero-order valence-electron chi connectivity index (χ0n) is 13.1. The molecule has 0 atom stereocenters. The van der Waals surface area contributed by atoms with Gasteiger partial charge in [-0.15, -0.1) is 0 Å². The Morgan fingerprint density at radius 1 is 1.05 bits per heavy atom. The molecule has 1 aromatic carbocycles. The van der Waals surface area contributed by atoms with Gasteiger partial charge in [-0.25, -0.2) is 0 Å². The molecule has 1 aliphatic rings. The largest absolute Gasteiger partial charge is 0.343 e. The van der Waals surface area contributed by atoms with E-state index in [1.165, 1.54) is 60.9 Å². The van der Waals surface area contributed by atoms with Crippen LogP contribution in [-0.4, -0.2) is 22.6 Å². The number of nitrogens with two attached hydrogens (primary N) is 1. The average molecular weight is 285 g/mol. The van der Waals surface area contributed by atoms with Crippen LogP contribution in [0.25, 0.3) is 10.9 Å². The van der Waals surface area contributed by atoms with Gasteiger partial charge in [-0.2, -0.15) is 0 Å². The number of rotatable bonds is 4. The highest BCUT2D eigenvalue weighted by Gasteiger charge is 2.18. The van der Waals surface area contributed by atoms with E-state index in [2.05, 4.69) is 40.7 Å². The smallest absolute Gasteiger partial charge is 0.0486 e. The van der Waals surface area contributed by atoms with Gasteiger partial charge in [0.1, 0.15) is 0 Å². The third-order valence-electron chi connectivity index (χ3n) is 4.78. The second kappa shape index (κ2) is 6.63. The van der Waals surface area contributed by atoms with E-state index in [4.69, 9.17) is 5.73 Å². The van der Waals surface area contributed by atoms with Gasteiger partial charge in [0.15, 0.2) is 0 Å². The SMILES string of the molecule is CCn1c(CN)c(CN2CCCCCC2)c2ccccc21. The molecule has 1 fully saturated rings. The Kier molecular flexibility index (Phi) is 4.61. The summed E-state index contributed by atoms with van der Waals surface area (Å²) in [5.41, 5.74) is 10.2. The van der Waals surface area contributed by atoms with E-state index in [-0.39, 0.29) is 0 Å². The van der Waals surface area contributed by atoms with Gasteiger partial charge in [0, 0.05) is 36.2 Å². The van der Waals surface area contributed by atoms with Gasteiger partial charge in [0.2, 0.25) is 0 Å². The molecule has 3 nitrogen and oxygen atoms in total. The summed E-state index contributed by atoms with van der Waals surface area (Å²) in [5.74, 6) is 0. The molecule has 3 heteroatoms. The number of aryl methyl sites for hydroxylation is 1. The quantitative estimate of drug-likeness (QED) is 0.933. The van der Waals surface area contributed by atoms with Gasteiger partial charge in [0.05, 0.1) is 0 Å². The molecule has 0 bridgehead atoms. The highest BCUT2D eigenvalue weighted by atomic mass is 15.1. The molecule has 2 heterocycles. The van der Waals surface area contributed by atoms with Crippen LogP contribution in [-0.2, 0) is 19.6 Å². The van der Waals surface area contributed by atoms with Crippen LogP contribution in [0, 0.1) is 0 Å². The predicted molar refractivity (Wildman–Crippen MR) is 89.2 cm³/mol. The molecular weight excluding hydrogens is 258 g/mol. The monoisotopic (exact) mass is 285 g/mol. The van der Waals surface area contributed by atoms with E-state index in [1.807, 2.05) is 0 Å². The Bertz CT molecular complexity index is 592. The molecule has 3 rings (SSSR count). The van der Waals surface area contributed by atoms with Crippen LogP contribution in [0.5, 0.6) is 0 Å². The summed E-state index contributed by atoms with van der Waals surface area (Å²) in [4.78, 5) is 2.62. The van der Waals surface area contributed by atoms with E-state index < -0.39 is 0 Å². The highest BCUT2D eigenvalue weighted by molar-refractivity contribution is 5.85. The van der Waals surface area contributed by atoms with E-state index in [0.717, 1.165) is 13.1 Å². The zero-order chi connectivity index (χ0) is 14.7. The van der Waals surface area contributed by atoms with Crippen LogP contribution in [0.4, 0.5) is 0 Å². The van der Waals surface area contributed by atoms with Gasteiger partial charge in [-0.05, 0) is 44.5 Å². The average Bonchev–Trinajstić information content (AvgIpc) is 2.67. The van der Waals surface area contributed by atoms with E-state index in [1.54, 1.807) is 0 Å². The number of fused-ring (bicyclic) bond motifs is 1. The fraction of sp³-hybridized carbons (Fsp3) is 0.556. The second-order valence-corrected chi connectivity index (χ2v) is 6.08. The highest BCUT2D eigenvalue weighted by Crippen LogP contribution is 2.28. The molecule has 0 amide bonds. The molecule has 1 aliphatic heterocycles. The lowest BCUT2D eigenvalue weighted by molar-refractivity contribution is 0.277. The molecule has 0 radical (unpaired) electrons. The van der Waals surface area contributed by atoms with Crippen molar-refractivity contribution < 1.29 is 0 Å². The van der Waals surface area contributed by atoms with Crippen molar-refractivity contribution in [3.63, 3.8) is 0 Å². The molecule has 2 N–H and O–H groups in total. The zero-order valence-corrected chi connectivity index (χ0v) is 13.1. The number of hydrogen-bond acceptors (Lipinski definition) is 2. The minimum Gasteiger partial charge on any atom is -0.343 e. The summed E-state index contributed by atoms with van der Waals surface area (Å²) in [6.45, 7) is 7.35. The van der Waals surface area contributed by atoms with Crippen molar-refractivity contribution in [2.75, 3.05) is 13.1 Å². The fourth-order valence-electron chi connectivity index (χ4n) is 3.72. The third-order valence-corrected chi connectivity index (χ3v) is 4.78. The lowest BCUT2D eigenvalue weighted by Gasteiger charge is -2.20. The van der Waals surface area contributed by atoms with Crippen molar-refractivity contribution in [2.45, 2.75) is 52.2 Å². The number of nitrogens with zero attached hydrogens (tertiary/aromatic N) is 2. The summed E-state index contributed by atoms with van der Waals surface area (Å²) < 4.78 is 2.39. The van der Waals surface area contributed by atoms with Gasteiger partial charge in [-0.1, -0.05) is 31.0 Å². The van der Waals surface area contributed by atoms with Gasteiger partial charge >= 0.3 is 0 Å². The van der Waals surface area contributed by atoms with Crippen molar-refractivity contribution in [3.8, 4) is 0 Å². The number of likely N-dealkylation sites (tertiary alicyclic amines) is 1. The second-order valence-electron chi connectivity index (χ2n) is 6.08. The topological polar surface area (TPSA) is 34.2 Å². The molecule has 0 aliphatic carbocycles. The lowest BCUT2D eigenvalue weighted by Crippen LogP contribution is -2.25. The van der Waals surface area contributed by atoms with Crippen molar-refractivity contribution in [2.24, 2.45) is 5.73 Å². The summed E-state index contributed by atoms with van der Waals surface area (Å²) >= 11 is 0. The lowest BCUT2D eigenvalue weighted by atomic mass is 10.1. The molecule has 1 saturated heterocycles. The van der Waals surface area contributed by atoms with E-state index in [9.17, 15) is 0 Å². The molecule has 21 heavy (non-hydrogen) atoms. The Balaban J connectivity index is 1.99. The van der Waals surface area contributed by atoms with Gasteiger partial charge in [0.25, 0.3) is 0 Å². The predicted octanol–water partition coefficient (Wildman–Crippen LogP) is 3.50. The van der Waals surface area contributed by atoms with E-state index in [0.29, 0.717) is 6.54 Å². The minimum absolute atomic E-state index is 0.631. The maximum Gasteiger partial charge on any atom is 0.0486 e. The summed E-state index contributed by atoms with van der Waals surface area (Å²) in [5, 5.41) is 1.39. The van der Waals surface area contributed by atoms with Crippen molar-refractivity contribution in [1.82, 2.24) is 9.47 Å². The first-order valence-corrected chi connectivity index (χ1v) is 8.36. The van der Waals surface area contributed by atoms with Crippen LogP contribution in [0.15, 0.2) is 24.3 Å². The number of aromatic nitrogens is 1. The van der Waals surface area contributed by atoms with Crippen LogP contribution in [0.1, 0.15) is 43.9 Å². The Labute approximate surface area is 127 Å². The third kappa shape index (κ3) is 2.85. The number of benzene rings is 1. The molecule has 0 unspecified atom stereocenters. The standard InChI is InChI=1S/C18H27N3/c1-2-21-17-10-6-5-9-15(17)16(18(21)13-19)14-20-11-7-3-4-8-12-20/h5-6,9-10H,2-4,7-8,11-14,19H2,1H3. The summed E-state index contributed by atoms with van der Waals surface area (Å²) in [7, 11) is 0. The maximum absolute atomic E-state index is 6.09. The van der Waals surface area contributed by atoms with Crippen LogP contribution in [0.2, 0.25) is 0 Å². The molecule has 1 aromatic heterocycles. The molecule has 2 aromatic rings. The maximum atomic E-state index is 6.09. The molecule has 0 saturated carbocycles. The van der Waals surface area contributed by atoms with E-state index >= 15 is 0 Å². The Hall–Kier alpha value is -1.32. The number of hydrogen-bond donors (Lipinski definition) is 1. The van der Waals surface area contributed by atoms with Crippen LogP contribution >= 0.6 is 0 Å². The first kappa shape index (κ1) is 14.6. The normalized spacial score (nSPS) is 17.2. The fourth-order valence-corrected chi connectivity index (χ4v) is 3.72. The summed E-state index contributed by atoms with van der Waals surface area (Å²) in [6, 6.07) is 8.76. The first-order valence-electron chi connectivity index (χ1n) is 8.36. The van der Waals surface area contributed by atoms with Crippen molar-refractivity contribution in [3.05, 3.63) is 35.5 Å². The van der Waals surface area contributed by atoms with Crippen molar-refractivity contribution >= 4 is 10.9 Å². The summed E-state index contributed by atoms with van der Waals surface area (Å²) in [6.07, 6.45) is 5.45. The van der Waals surface area contributed by atoms with Gasteiger partial charge < -0.3 is 10.3 Å². The van der Waals surface area contributed by atoms with Crippen LogP contribution in [0.3, 0.4) is 0 Å². The number of para-hydroxylation sites is 1. The Morgan fingerprint density at radius 2 is 1.76 bits per heavy atom.